The van der Waals surface area contributed by atoms with E-state index in [-0.39, 0.29) is 41.5 Å². The van der Waals surface area contributed by atoms with Gasteiger partial charge in [-0.05, 0) is 48.7 Å². The minimum Gasteiger partial charge on any atom is -0.481 e. The van der Waals surface area contributed by atoms with Crippen LogP contribution in [0.25, 0.3) is 0 Å². The van der Waals surface area contributed by atoms with Crippen LogP contribution in [-0.2, 0) is 14.0 Å². The lowest BCUT2D eigenvalue weighted by Gasteiger charge is -2.38. The van der Waals surface area contributed by atoms with Crippen molar-refractivity contribution in [2.75, 3.05) is 6.54 Å². The molecular formula is C25H37NO5Si. The highest BCUT2D eigenvalue weighted by atomic mass is 28.4. The molecule has 2 rings (SSSR count). The Morgan fingerprint density at radius 3 is 2.38 bits per heavy atom. The molecule has 0 bridgehead atoms. The van der Waals surface area contributed by atoms with Crippen LogP contribution in [0.2, 0.25) is 18.1 Å². The SMILES string of the molecule is C[C@H]1CCN(C(=O)c2ccccc2)[C@@H]1/C=C/C(=O)C[C@H](CC(=O)O)O[Si](C)(C)C(C)(C)C. The molecule has 1 heterocycles. The molecule has 0 radical (unpaired) electrons. The second-order valence-corrected chi connectivity index (χ2v) is 15.0. The molecule has 7 heteroatoms. The van der Waals surface area contributed by atoms with Crippen molar-refractivity contribution in [3.05, 3.63) is 48.0 Å². The Balaban J connectivity index is 2.09. The van der Waals surface area contributed by atoms with E-state index in [1.807, 2.05) is 23.1 Å². The number of carboxylic acid groups (broad SMARTS) is 1. The van der Waals surface area contributed by atoms with E-state index in [9.17, 15) is 19.5 Å². The van der Waals surface area contributed by atoms with Gasteiger partial charge in [0.2, 0.25) is 0 Å². The molecule has 0 aromatic heterocycles. The quantitative estimate of drug-likeness (QED) is 0.419. The first-order valence-electron chi connectivity index (χ1n) is 11.3. The number of hydrogen-bond donors (Lipinski definition) is 1. The van der Waals surface area contributed by atoms with E-state index >= 15 is 0 Å². The van der Waals surface area contributed by atoms with Crippen LogP contribution in [0.15, 0.2) is 42.5 Å². The van der Waals surface area contributed by atoms with E-state index < -0.39 is 20.4 Å². The number of carboxylic acids is 1. The Hall–Kier alpha value is -2.25. The number of benzene rings is 1. The summed E-state index contributed by atoms with van der Waals surface area (Å²) < 4.78 is 6.23. The van der Waals surface area contributed by atoms with Crippen molar-refractivity contribution in [2.45, 2.75) is 77.2 Å². The van der Waals surface area contributed by atoms with Crippen molar-refractivity contribution in [3.63, 3.8) is 0 Å². The monoisotopic (exact) mass is 459 g/mol. The smallest absolute Gasteiger partial charge is 0.305 e. The molecule has 32 heavy (non-hydrogen) atoms. The van der Waals surface area contributed by atoms with Crippen LogP contribution in [-0.4, -0.2) is 54.7 Å². The van der Waals surface area contributed by atoms with Crippen LogP contribution in [0.3, 0.4) is 0 Å². The zero-order valence-corrected chi connectivity index (χ0v) is 21.1. The summed E-state index contributed by atoms with van der Waals surface area (Å²) in [6.45, 7) is 13.1. The zero-order valence-electron chi connectivity index (χ0n) is 20.1. The van der Waals surface area contributed by atoms with Gasteiger partial charge in [-0.2, -0.15) is 0 Å². The lowest BCUT2D eigenvalue weighted by atomic mass is 10.0. The lowest BCUT2D eigenvalue weighted by Crippen LogP contribution is -2.44. The van der Waals surface area contributed by atoms with E-state index in [0.717, 1.165) is 6.42 Å². The molecule has 1 aliphatic heterocycles. The molecule has 0 aliphatic carbocycles. The number of rotatable bonds is 9. The maximum Gasteiger partial charge on any atom is 0.305 e. The summed E-state index contributed by atoms with van der Waals surface area (Å²) in [6.07, 6.45) is 3.33. The second-order valence-electron chi connectivity index (χ2n) is 10.2. The first-order chi connectivity index (χ1) is 14.8. The fourth-order valence-corrected chi connectivity index (χ4v) is 5.04. The summed E-state index contributed by atoms with van der Waals surface area (Å²) in [5, 5.41) is 9.22. The number of amides is 1. The summed E-state index contributed by atoms with van der Waals surface area (Å²) >= 11 is 0. The largest absolute Gasteiger partial charge is 0.481 e. The number of nitrogens with zero attached hydrogens (tertiary/aromatic N) is 1. The molecule has 0 unspecified atom stereocenters. The van der Waals surface area contributed by atoms with Gasteiger partial charge in [-0.1, -0.05) is 52.0 Å². The highest BCUT2D eigenvalue weighted by molar-refractivity contribution is 6.74. The van der Waals surface area contributed by atoms with E-state index in [1.54, 1.807) is 18.2 Å². The molecule has 1 aromatic carbocycles. The Bertz CT molecular complexity index is 844. The third-order valence-corrected chi connectivity index (χ3v) is 11.2. The van der Waals surface area contributed by atoms with E-state index in [4.69, 9.17) is 4.43 Å². The normalized spacial score (nSPS) is 20.5. The van der Waals surface area contributed by atoms with Gasteiger partial charge in [0.05, 0.1) is 18.6 Å². The molecule has 1 amide bonds. The first-order valence-corrected chi connectivity index (χ1v) is 14.2. The molecule has 1 saturated heterocycles. The highest BCUT2D eigenvalue weighted by Crippen LogP contribution is 2.38. The molecular weight excluding hydrogens is 422 g/mol. The number of carbonyl (C=O) groups is 3. The summed E-state index contributed by atoms with van der Waals surface area (Å²) in [4.78, 5) is 38.8. The molecule has 0 saturated carbocycles. The molecule has 176 valence electrons. The van der Waals surface area contributed by atoms with Crippen LogP contribution in [0.4, 0.5) is 0 Å². The van der Waals surface area contributed by atoms with Gasteiger partial charge in [0.15, 0.2) is 14.1 Å². The Labute approximate surface area is 192 Å². The molecule has 3 atom stereocenters. The standard InChI is InChI=1S/C25H37NO5Si/c1-18-14-15-26(24(30)19-10-8-7-9-11-19)22(18)13-12-20(27)16-21(17-23(28)29)31-32(5,6)25(2,3)4/h7-13,18,21-22H,14-17H2,1-6H3,(H,28,29)/b13-12+/t18-,21+,22+/m0/s1. The molecule has 1 N–H and O–H groups in total. The maximum atomic E-state index is 12.9. The van der Waals surface area contributed by atoms with Crippen LogP contribution in [0, 0.1) is 5.92 Å². The zero-order chi connectivity index (χ0) is 24.1. The fourth-order valence-electron chi connectivity index (χ4n) is 3.69. The van der Waals surface area contributed by atoms with Crippen LogP contribution in [0.1, 0.15) is 57.3 Å². The number of carbonyl (C=O) groups excluding carboxylic acids is 2. The molecule has 1 aliphatic rings. The van der Waals surface area contributed by atoms with E-state index in [1.165, 1.54) is 6.08 Å². The van der Waals surface area contributed by atoms with Crippen LogP contribution in [0.5, 0.6) is 0 Å². The van der Waals surface area contributed by atoms with Crippen LogP contribution < -0.4 is 0 Å². The Morgan fingerprint density at radius 2 is 1.81 bits per heavy atom. The van der Waals surface area contributed by atoms with Crippen molar-refractivity contribution in [1.29, 1.82) is 0 Å². The van der Waals surface area contributed by atoms with E-state index in [2.05, 4.69) is 40.8 Å². The van der Waals surface area contributed by atoms with Crippen molar-refractivity contribution in [3.8, 4) is 0 Å². The highest BCUT2D eigenvalue weighted by Gasteiger charge is 2.40. The average molecular weight is 460 g/mol. The van der Waals surface area contributed by atoms with Gasteiger partial charge in [0.1, 0.15) is 0 Å². The van der Waals surface area contributed by atoms with Gasteiger partial charge < -0.3 is 14.4 Å². The molecule has 6 nitrogen and oxygen atoms in total. The topological polar surface area (TPSA) is 83.9 Å². The van der Waals surface area contributed by atoms with Gasteiger partial charge in [-0.25, -0.2) is 0 Å². The number of ketones is 1. The fraction of sp³-hybridized carbons (Fsp3) is 0.560. The Kier molecular flexibility index (Phi) is 8.59. The summed E-state index contributed by atoms with van der Waals surface area (Å²) in [6, 6.07) is 8.99. The lowest BCUT2D eigenvalue weighted by molar-refractivity contribution is -0.139. The van der Waals surface area contributed by atoms with Crippen LogP contribution >= 0.6 is 0 Å². The minimum atomic E-state index is -2.22. The molecule has 0 spiro atoms. The van der Waals surface area contributed by atoms with Crippen molar-refractivity contribution in [1.82, 2.24) is 4.90 Å². The number of hydrogen-bond acceptors (Lipinski definition) is 4. The third-order valence-electron chi connectivity index (χ3n) is 6.63. The molecule has 1 fully saturated rings. The summed E-state index contributed by atoms with van der Waals surface area (Å²) in [5.74, 6) is -0.956. The van der Waals surface area contributed by atoms with Crippen molar-refractivity contribution >= 4 is 26.0 Å². The molecule has 1 aromatic rings. The van der Waals surface area contributed by atoms with Gasteiger partial charge in [0, 0.05) is 18.5 Å². The number of aliphatic carboxylic acids is 1. The van der Waals surface area contributed by atoms with Crippen molar-refractivity contribution in [2.24, 2.45) is 5.92 Å². The number of likely N-dealkylation sites (tertiary alicyclic amines) is 1. The Morgan fingerprint density at radius 1 is 1.19 bits per heavy atom. The maximum absolute atomic E-state index is 12.9. The van der Waals surface area contributed by atoms with Gasteiger partial charge >= 0.3 is 5.97 Å². The minimum absolute atomic E-state index is 0.0169. The summed E-state index contributed by atoms with van der Waals surface area (Å²) in [7, 11) is -2.22. The predicted molar refractivity (Wildman–Crippen MR) is 128 cm³/mol. The van der Waals surface area contributed by atoms with Gasteiger partial charge in [-0.15, -0.1) is 0 Å². The van der Waals surface area contributed by atoms with E-state index in [0.29, 0.717) is 12.1 Å². The second kappa shape index (κ2) is 10.6. The van der Waals surface area contributed by atoms with Crippen molar-refractivity contribution < 1.29 is 23.9 Å². The number of allylic oxidation sites excluding steroid dienone is 1. The average Bonchev–Trinajstić information content (AvgIpc) is 3.05. The first kappa shape index (κ1) is 26.0. The predicted octanol–water partition coefficient (Wildman–Crippen LogP) is 4.92. The summed E-state index contributed by atoms with van der Waals surface area (Å²) in [5.41, 5.74) is 0.635. The third kappa shape index (κ3) is 6.87. The van der Waals surface area contributed by atoms with Gasteiger partial charge in [0.25, 0.3) is 5.91 Å². The van der Waals surface area contributed by atoms with Gasteiger partial charge in [-0.3, -0.25) is 14.4 Å².